The number of pyridine rings is 1. The molecule has 3 heterocycles. The Hall–Kier alpha value is -2.60. The quantitative estimate of drug-likeness (QED) is 0.653. The number of aromatic nitrogens is 1. The van der Waals surface area contributed by atoms with Crippen LogP contribution in [0.15, 0.2) is 73.1 Å². The normalized spacial score (nSPS) is 24.2. The van der Waals surface area contributed by atoms with Crippen LogP contribution < -0.4 is 0 Å². The minimum Gasteiger partial charge on any atom is -0.395 e. The molecule has 0 bridgehead atoms. The van der Waals surface area contributed by atoms with E-state index in [-0.39, 0.29) is 18.5 Å². The van der Waals surface area contributed by atoms with Gasteiger partial charge in [0.15, 0.2) is 0 Å². The Kier molecular flexibility index (Phi) is 6.30. The third-order valence-electron chi connectivity index (χ3n) is 7.06. The number of aliphatic hydroxyl groups is 1. The minimum absolute atomic E-state index is 0.176. The summed E-state index contributed by atoms with van der Waals surface area (Å²) in [5, 5.41) is 10.2. The lowest BCUT2D eigenvalue weighted by atomic mass is 9.74. The molecule has 2 aliphatic rings. The van der Waals surface area contributed by atoms with Crippen molar-refractivity contribution in [3.8, 4) is 11.1 Å². The Morgan fingerprint density at radius 1 is 0.938 bits per heavy atom. The van der Waals surface area contributed by atoms with E-state index in [1.54, 1.807) is 0 Å². The van der Waals surface area contributed by atoms with E-state index in [0.717, 1.165) is 43.7 Å². The van der Waals surface area contributed by atoms with Crippen LogP contribution in [0.2, 0.25) is 0 Å². The van der Waals surface area contributed by atoms with Crippen molar-refractivity contribution < 1.29 is 9.50 Å². The Morgan fingerprint density at radius 3 is 2.34 bits per heavy atom. The summed E-state index contributed by atoms with van der Waals surface area (Å²) in [6.45, 7) is 4.25. The lowest BCUT2D eigenvalue weighted by Gasteiger charge is -2.57. The van der Waals surface area contributed by atoms with Crippen LogP contribution in [0, 0.1) is 5.82 Å². The summed E-state index contributed by atoms with van der Waals surface area (Å²) in [7, 11) is 0. The molecule has 5 heteroatoms. The van der Waals surface area contributed by atoms with Crippen molar-refractivity contribution in [2.24, 2.45) is 0 Å². The van der Waals surface area contributed by atoms with Gasteiger partial charge >= 0.3 is 0 Å². The molecule has 3 aromatic rings. The number of halogens is 1. The maximum atomic E-state index is 13.3. The first-order valence-electron chi connectivity index (χ1n) is 11.6. The van der Waals surface area contributed by atoms with E-state index >= 15 is 0 Å². The van der Waals surface area contributed by atoms with Crippen molar-refractivity contribution in [2.45, 2.75) is 37.4 Å². The molecule has 5 rings (SSSR count). The van der Waals surface area contributed by atoms with Crippen LogP contribution in [0.1, 0.15) is 29.9 Å². The van der Waals surface area contributed by atoms with E-state index < -0.39 is 0 Å². The van der Waals surface area contributed by atoms with E-state index in [9.17, 15) is 9.50 Å². The van der Waals surface area contributed by atoms with E-state index in [2.05, 4.69) is 45.1 Å². The smallest absolute Gasteiger partial charge is 0.123 e. The first kappa shape index (κ1) is 21.3. The largest absolute Gasteiger partial charge is 0.395 e. The van der Waals surface area contributed by atoms with Crippen molar-refractivity contribution in [3.63, 3.8) is 0 Å². The van der Waals surface area contributed by atoms with Gasteiger partial charge in [0.05, 0.1) is 6.61 Å². The number of rotatable bonds is 5. The molecule has 3 atom stereocenters. The average Bonchev–Trinajstić information content (AvgIpc) is 2.81. The van der Waals surface area contributed by atoms with Gasteiger partial charge in [0, 0.05) is 43.5 Å². The zero-order valence-electron chi connectivity index (χ0n) is 18.3. The lowest BCUT2D eigenvalue weighted by molar-refractivity contribution is -0.0655. The standard InChI is InChI=1S/C27H30FN3O/c28-24-11-9-22(10-12-24)21-5-7-23(8-6-21)27-25-18-30(17-20-4-3-13-29-16-20)14-1-2-15-31(25)26(27)19-32/h3-13,16,25-27,32H,1-2,14-15,17-19H2/t25-,26-,27+/m0/s1. The van der Waals surface area contributed by atoms with Crippen LogP contribution >= 0.6 is 0 Å². The summed E-state index contributed by atoms with van der Waals surface area (Å²) in [6, 6.07) is 20.0. The number of fused-ring (bicyclic) bond motifs is 1. The predicted molar refractivity (Wildman–Crippen MR) is 125 cm³/mol. The Labute approximate surface area is 189 Å². The van der Waals surface area contributed by atoms with Gasteiger partial charge in [-0.15, -0.1) is 0 Å². The summed E-state index contributed by atoms with van der Waals surface area (Å²) in [5.74, 6) is 0.0996. The molecule has 0 saturated carbocycles. The molecular weight excluding hydrogens is 401 g/mol. The van der Waals surface area contributed by atoms with Crippen molar-refractivity contribution in [1.82, 2.24) is 14.8 Å². The fraction of sp³-hybridized carbons (Fsp3) is 0.370. The van der Waals surface area contributed by atoms with Crippen molar-refractivity contribution in [2.75, 3.05) is 26.2 Å². The topological polar surface area (TPSA) is 39.6 Å². The average molecular weight is 432 g/mol. The second kappa shape index (κ2) is 9.49. The summed E-state index contributed by atoms with van der Waals surface area (Å²) in [6.07, 6.45) is 6.12. The van der Waals surface area contributed by atoms with E-state index in [1.165, 1.54) is 29.7 Å². The first-order chi connectivity index (χ1) is 15.7. The molecule has 2 saturated heterocycles. The van der Waals surface area contributed by atoms with Gasteiger partial charge in [-0.25, -0.2) is 4.39 Å². The van der Waals surface area contributed by atoms with E-state index in [1.807, 2.05) is 30.6 Å². The third-order valence-corrected chi connectivity index (χ3v) is 7.06. The minimum atomic E-state index is -0.217. The van der Waals surface area contributed by atoms with Crippen LogP contribution in [0.5, 0.6) is 0 Å². The highest BCUT2D eigenvalue weighted by Gasteiger charge is 2.48. The molecule has 0 unspecified atom stereocenters. The molecule has 1 aromatic heterocycles. The van der Waals surface area contributed by atoms with E-state index in [0.29, 0.717) is 12.0 Å². The van der Waals surface area contributed by atoms with Gasteiger partial charge in [0.1, 0.15) is 5.82 Å². The molecule has 32 heavy (non-hydrogen) atoms. The van der Waals surface area contributed by atoms with Gasteiger partial charge in [-0.05, 0) is 66.4 Å². The number of hydrogen-bond acceptors (Lipinski definition) is 4. The molecule has 2 aliphatic heterocycles. The van der Waals surface area contributed by atoms with E-state index in [4.69, 9.17) is 0 Å². The molecule has 1 N–H and O–H groups in total. The summed E-state index contributed by atoms with van der Waals surface area (Å²) >= 11 is 0. The number of benzene rings is 2. The lowest BCUT2D eigenvalue weighted by Crippen LogP contribution is -2.67. The molecule has 2 aromatic carbocycles. The van der Waals surface area contributed by atoms with Crippen molar-refractivity contribution >= 4 is 0 Å². The zero-order valence-corrected chi connectivity index (χ0v) is 18.3. The highest BCUT2D eigenvalue weighted by Crippen LogP contribution is 2.42. The van der Waals surface area contributed by atoms with Gasteiger partial charge in [0.25, 0.3) is 0 Å². The number of hydrogen-bond donors (Lipinski definition) is 1. The zero-order chi connectivity index (χ0) is 21.9. The highest BCUT2D eigenvalue weighted by atomic mass is 19.1. The van der Waals surface area contributed by atoms with Crippen LogP contribution in [-0.4, -0.2) is 58.2 Å². The van der Waals surface area contributed by atoms with Crippen LogP contribution in [0.25, 0.3) is 11.1 Å². The molecule has 0 amide bonds. The second-order valence-electron chi connectivity index (χ2n) is 9.01. The van der Waals surface area contributed by atoms with Gasteiger partial charge in [-0.3, -0.25) is 14.8 Å². The molecule has 166 valence electrons. The maximum Gasteiger partial charge on any atom is 0.123 e. The van der Waals surface area contributed by atoms with Crippen LogP contribution in [0.3, 0.4) is 0 Å². The Morgan fingerprint density at radius 2 is 1.66 bits per heavy atom. The molecule has 0 spiro atoms. The van der Waals surface area contributed by atoms with Crippen LogP contribution in [0.4, 0.5) is 4.39 Å². The monoisotopic (exact) mass is 431 g/mol. The molecule has 2 fully saturated rings. The second-order valence-corrected chi connectivity index (χ2v) is 9.01. The first-order valence-corrected chi connectivity index (χ1v) is 11.6. The molecular formula is C27H30FN3O. The van der Waals surface area contributed by atoms with Crippen molar-refractivity contribution in [1.29, 1.82) is 0 Å². The van der Waals surface area contributed by atoms with Crippen molar-refractivity contribution in [3.05, 3.63) is 90.0 Å². The van der Waals surface area contributed by atoms with Gasteiger partial charge in [-0.2, -0.15) is 0 Å². The fourth-order valence-electron chi connectivity index (χ4n) is 5.45. The van der Waals surface area contributed by atoms with Gasteiger partial charge in [-0.1, -0.05) is 42.5 Å². The highest BCUT2D eigenvalue weighted by molar-refractivity contribution is 5.63. The Balaban J connectivity index is 1.35. The van der Waals surface area contributed by atoms with Crippen LogP contribution in [-0.2, 0) is 6.54 Å². The maximum absolute atomic E-state index is 13.3. The number of nitrogens with zero attached hydrogens (tertiary/aromatic N) is 3. The molecule has 4 nitrogen and oxygen atoms in total. The summed E-state index contributed by atoms with van der Waals surface area (Å²) in [5.41, 5.74) is 4.62. The van der Waals surface area contributed by atoms with Gasteiger partial charge < -0.3 is 5.11 Å². The van der Waals surface area contributed by atoms with Gasteiger partial charge in [0.2, 0.25) is 0 Å². The summed E-state index contributed by atoms with van der Waals surface area (Å²) < 4.78 is 13.3. The molecule has 0 radical (unpaired) electrons. The fourth-order valence-corrected chi connectivity index (χ4v) is 5.45. The summed E-state index contributed by atoms with van der Waals surface area (Å²) in [4.78, 5) is 9.33. The molecule has 0 aliphatic carbocycles. The number of aliphatic hydroxyl groups excluding tert-OH is 1. The SMILES string of the molecule is OC[C@H]1[C@H](c2ccc(-c3ccc(F)cc3)cc2)[C@@H]2CN(Cc3cccnc3)CCCCN12. The Bertz CT molecular complexity index is 1010. The predicted octanol–water partition coefficient (Wildman–Crippen LogP) is 4.31. The third kappa shape index (κ3) is 4.33.